The van der Waals surface area contributed by atoms with E-state index in [-0.39, 0.29) is 16.8 Å². The number of sulfonamides is 1. The van der Waals surface area contributed by atoms with Crippen LogP contribution in [-0.4, -0.2) is 36.7 Å². The molecule has 1 amide bonds. The van der Waals surface area contributed by atoms with Crippen LogP contribution in [0.1, 0.15) is 34.8 Å². The Kier molecular flexibility index (Phi) is 6.70. The highest BCUT2D eigenvalue weighted by molar-refractivity contribution is 7.89. The molecule has 158 valence electrons. The third-order valence-corrected chi connectivity index (χ3v) is 7.63. The highest BCUT2D eigenvalue weighted by atomic mass is 32.2. The lowest BCUT2D eigenvalue weighted by Crippen LogP contribution is -2.33. The monoisotopic (exact) mass is 443 g/mol. The molecular formula is C22H25N3O3S2. The molecule has 0 atom stereocenters. The van der Waals surface area contributed by atoms with Crippen LogP contribution in [0.15, 0.2) is 58.8 Å². The summed E-state index contributed by atoms with van der Waals surface area (Å²) >= 11 is 1.61. The van der Waals surface area contributed by atoms with E-state index in [0.29, 0.717) is 12.1 Å². The second-order valence-corrected chi connectivity index (χ2v) is 10.3. The van der Waals surface area contributed by atoms with E-state index in [1.54, 1.807) is 37.3 Å². The number of nitrogens with one attached hydrogen (secondary N) is 1. The predicted octanol–water partition coefficient (Wildman–Crippen LogP) is 4.08. The van der Waals surface area contributed by atoms with Gasteiger partial charge in [-0.25, -0.2) is 13.4 Å². The number of hydrogen-bond acceptors (Lipinski definition) is 5. The van der Waals surface area contributed by atoms with Crippen LogP contribution >= 0.6 is 11.3 Å². The maximum Gasteiger partial charge on any atom is 0.251 e. The molecule has 0 spiro atoms. The number of benzene rings is 2. The van der Waals surface area contributed by atoms with Crippen LogP contribution in [-0.2, 0) is 16.6 Å². The van der Waals surface area contributed by atoms with Gasteiger partial charge in [0.2, 0.25) is 10.0 Å². The van der Waals surface area contributed by atoms with Gasteiger partial charge in [-0.15, -0.1) is 11.3 Å². The van der Waals surface area contributed by atoms with Crippen molar-refractivity contribution in [1.29, 1.82) is 0 Å². The van der Waals surface area contributed by atoms with Gasteiger partial charge >= 0.3 is 0 Å². The summed E-state index contributed by atoms with van der Waals surface area (Å²) < 4.78 is 26.6. The molecule has 6 nitrogen and oxygen atoms in total. The van der Waals surface area contributed by atoms with Crippen molar-refractivity contribution < 1.29 is 13.2 Å². The molecule has 0 aliphatic heterocycles. The third kappa shape index (κ3) is 4.95. The van der Waals surface area contributed by atoms with E-state index in [9.17, 15) is 13.2 Å². The Balaban J connectivity index is 1.68. The van der Waals surface area contributed by atoms with Crippen LogP contribution in [0.2, 0.25) is 0 Å². The second kappa shape index (κ2) is 9.07. The summed E-state index contributed by atoms with van der Waals surface area (Å²) in [5.41, 5.74) is 3.23. The van der Waals surface area contributed by atoms with Gasteiger partial charge in [-0.1, -0.05) is 30.3 Å². The Labute approximate surface area is 181 Å². The molecule has 0 bridgehead atoms. The Bertz CT molecular complexity index is 1140. The molecule has 0 aliphatic carbocycles. The number of aryl methyl sites for hydroxylation is 1. The van der Waals surface area contributed by atoms with E-state index < -0.39 is 10.0 Å². The number of aromatic nitrogens is 1. The van der Waals surface area contributed by atoms with Crippen LogP contribution in [0.3, 0.4) is 0 Å². The molecule has 1 aromatic heterocycles. The summed E-state index contributed by atoms with van der Waals surface area (Å²) in [5, 5.41) is 5.88. The molecule has 0 unspecified atom stereocenters. The van der Waals surface area contributed by atoms with Gasteiger partial charge in [0.05, 0.1) is 15.6 Å². The zero-order valence-corrected chi connectivity index (χ0v) is 19.0. The Hall–Kier alpha value is -2.55. The Morgan fingerprint density at radius 1 is 1.17 bits per heavy atom. The van der Waals surface area contributed by atoms with Crippen molar-refractivity contribution in [3.63, 3.8) is 0 Å². The van der Waals surface area contributed by atoms with Gasteiger partial charge in [0.1, 0.15) is 0 Å². The van der Waals surface area contributed by atoms with Gasteiger partial charge in [0.25, 0.3) is 5.91 Å². The lowest BCUT2D eigenvalue weighted by atomic mass is 10.1. The van der Waals surface area contributed by atoms with Crippen LogP contribution in [0, 0.1) is 6.92 Å². The number of carbonyl (C=O) groups is 1. The normalized spacial score (nSPS) is 11.8. The number of thiazole rings is 1. The molecule has 0 fully saturated rings. The van der Waals surface area contributed by atoms with Crippen LogP contribution in [0.25, 0.3) is 11.3 Å². The molecule has 8 heteroatoms. The maximum absolute atomic E-state index is 12.7. The molecule has 3 rings (SSSR count). The van der Waals surface area contributed by atoms with E-state index in [1.807, 2.05) is 36.6 Å². The first-order valence-electron chi connectivity index (χ1n) is 9.56. The van der Waals surface area contributed by atoms with Gasteiger partial charge in [0, 0.05) is 36.1 Å². The van der Waals surface area contributed by atoms with Crippen molar-refractivity contribution >= 4 is 27.3 Å². The van der Waals surface area contributed by atoms with Crippen molar-refractivity contribution in [3.8, 4) is 11.3 Å². The Morgan fingerprint density at radius 3 is 2.47 bits per heavy atom. The molecule has 0 aliphatic rings. The lowest BCUT2D eigenvalue weighted by molar-refractivity contribution is 0.0950. The first-order chi connectivity index (χ1) is 14.2. The van der Waals surface area contributed by atoms with Crippen molar-refractivity contribution in [3.05, 3.63) is 70.0 Å². The van der Waals surface area contributed by atoms with Gasteiger partial charge in [0.15, 0.2) is 0 Å². The van der Waals surface area contributed by atoms with E-state index in [1.165, 1.54) is 23.5 Å². The average Bonchev–Trinajstić information content (AvgIpc) is 3.18. The predicted molar refractivity (Wildman–Crippen MR) is 120 cm³/mol. The van der Waals surface area contributed by atoms with Crippen molar-refractivity contribution in [2.75, 3.05) is 7.05 Å². The highest BCUT2D eigenvalue weighted by Crippen LogP contribution is 2.22. The summed E-state index contributed by atoms with van der Waals surface area (Å²) in [7, 11) is -2.11. The molecule has 1 N–H and O–H groups in total. The van der Waals surface area contributed by atoms with Gasteiger partial charge in [-0.3, -0.25) is 4.79 Å². The fourth-order valence-electron chi connectivity index (χ4n) is 2.82. The minimum atomic E-state index is -3.64. The second-order valence-electron chi connectivity index (χ2n) is 7.27. The fraction of sp³-hybridized carbons (Fsp3) is 0.273. The maximum atomic E-state index is 12.7. The van der Waals surface area contributed by atoms with E-state index in [0.717, 1.165) is 21.8 Å². The number of hydrogen-bond donors (Lipinski definition) is 1. The molecule has 2 aromatic carbocycles. The lowest BCUT2D eigenvalue weighted by Gasteiger charge is -2.21. The molecule has 0 saturated carbocycles. The van der Waals surface area contributed by atoms with Crippen LogP contribution < -0.4 is 5.32 Å². The Morgan fingerprint density at radius 2 is 1.87 bits per heavy atom. The fourth-order valence-corrected chi connectivity index (χ4v) is 4.85. The summed E-state index contributed by atoms with van der Waals surface area (Å²) in [6.07, 6.45) is 0. The van der Waals surface area contributed by atoms with Crippen LogP contribution in [0.4, 0.5) is 0 Å². The van der Waals surface area contributed by atoms with Crippen molar-refractivity contribution in [2.45, 2.75) is 38.3 Å². The summed E-state index contributed by atoms with van der Waals surface area (Å²) in [6, 6.07) is 13.8. The number of nitrogens with zero attached hydrogens (tertiary/aromatic N) is 2. The van der Waals surface area contributed by atoms with E-state index in [4.69, 9.17) is 0 Å². The standard InChI is InChI=1S/C22H25N3O3S2/c1-15(2)25(4)30(27,28)20-7-5-6-19(12-20)22(26)23-13-17-8-10-18(11-9-17)21-14-29-16(3)24-21/h5-12,14-15H,13H2,1-4H3,(H,23,26). The summed E-state index contributed by atoms with van der Waals surface area (Å²) in [5.74, 6) is -0.321. The number of rotatable bonds is 7. The zero-order valence-electron chi connectivity index (χ0n) is 17.4. The zero-order chi connectivity index (χ0) is 21.9. The topological polar surface area (TPSA) is 79.4 Å². The summed E-state index contributed by atoms with van der Waals surface area (Å²) in [6.45, 7) is 5.92. The van der Waals surface area contributed by atoms with E-state index in [2.05, 4.69) is 10.3 Å². The quantitative estimate of drug-likeness (QED) is 0.597. The van der Waals surface area contributed by atoms with Crippen molar-refractivity contribution in [2.24, 2.45) is 0 Å². The number of carbonyl (C=O) groups excluding carboxylic acids is 1. The third-order valence-electron chi connectivity index (χ3n) is 4.82. The molecular weight excluding hydrogens is 418 g/mol. The molecule has 30 heavy (non-hydrogen) atoms. The highest BCUT2D eigenvalue weighted by Gasteiger charge is 2.23. The van der Waals surface area contributed by atoms with Crippen LogP contribution in [0.5, 0.6) is 0 Å². The molecule has 1 heterocycles. The average molecular weight is 444 g/mol. The number of amides is 1. The van der Waals surface area contributed by atoms with Crippen molar-refractivity contribution in [1.82, 2.24) is 14.6 Å². The van der Waals surface area contributed by atoms with E-state index >= 15 is 0 Å². The minimum absolute atomic E-state index is 0.106. The summed E-state index contributed by atoms with van der Waals surface area (Å²) in [4.78, 5) is 17.1. The van der Waals surface area contributed by atoms with Gasteiger partial charge in [-0.2, -0.15) is 4.31 Å². The van der Waals surface area contributed by atoms with Gasteiger partial charge in [-0.05, 0) is 44.5 Å². The minimum Gasteiger partial charge on any atom is -0.348 e. The SMILES string of the molecule is Cc1nc(-c2ccc(CNC(=O)c3cccc(S(=O)(=O)N(C)C(C)C)c3)cc2)cs1. The first-order valence-corrected chi connectivity index (χ1v) is 11.9. The van der Waals surface area contributed by atoms with Gasteiger partial charge < -0.3 is 5.32 Å². The molecule has 0 saturated heterocycles. The largest absolute Gasteiger partial charge is 0.348 e. The molecule has 0 radical (unpaired) electrons. The smallest absolute Gasteiger partial charge is 0.251 e. The first kappa shape index (κ1) is 22.1. The molecule has 3 aromatic rings.